The van der Waals surface area contributed by atoms with E-state index in [1.54, 1.807) is 6.21 Å². The maximum atomic E-state index is 12.7. The zero-order chi connectivity index (χ0) is 29.1. The Labute approximate surface area is 252 Å². The molecule has 1 aliphatic heterocycles. The van der Waals surface area contributed by atoms with Gasteiger partial charge in [0.1, 0.15) is 6.61 Å². The zero-order valence-electron chi connectivity index (χ0n) is 23.7. The van der Waals surface area contributed by atoms with Gasteiger partial charge in [-0.1, -0.05) is 54.1 Å². The van der Waals surface area contributed by atoms with E-state index in [0.717, 1.165) is 43.9 Å². The number of ether oxygens (including phenoxy) is 2. The first kappa shape index (κ1) is 29.2. The molecule has 7 nitrogen and oxygen atoms in total. The van der Waals surface area contributed by atoms with Crippen molar-refractivity contribution < 1.29 is 14.3 Å². The molecule has 1 saturated heterocycles. The van der Waals surface area contributed by atoms with Crippen molar-refractivity contribution in [2.75, 3.05) is 37.7 Å². The predicted octanol–water partition coefficient (Wildman–Crippen LogP) is 6.40. The summed E-state index contributed by atoms with van der Waals surface area (Å²) in [6.45, 7) is 7.67. The minimum atomic E-state index is -0.263. The number of benzene rings is 4. The van der Waals surface area contributed by atoms with Crippen molar-refractivity contribution in [3.8, 4) is 11.5 Å². The molecule has 0 aromatic heterocycles. The van der Waals surface area contributed by atoms with Crippen molar-refractivity contribution >= 4 is 29.4 Å². The normalized spacial score (nSPS) is 13.7. The van der Waals surface area contributed by atoms with Crippen LogP contribution in [0.1, 0.15) is 34.0 Å². The number of rotatable bonds is 11. The van der Waals surface area contributed by atoms with Gasteiger partial charge < -0.3 is 14.4 Å². The molecule has 0 unspecified atom stereocenters. The standard InChI is InChI=1S/C34H35ClN4O3/c1-2-41-33-22-27(13-16-32(33)42-25-28-7-6-8-30(35)21-28)23-36-37-34(40)29-14-11-26(12-15-29)24-38-17-19-39(20-18-38)31-9-4-3-5-10-31/h3-16,21-23H,2,17-20,24-25H2,1H3,(H,37,40)/b36-23-. The van der Waals surface area contributed by atoms with E-state index in [9.17, 15) is 4.79 Å². The Kier molecular flexibility index (Phi) is 10.1. The number of carbonyl (C=O) groups is 1. The first-order chi connectivity index (χ1) is 20.6. The van der Waals surface area contributed by atoms with Crippen LogP contribution in [0.5, 0.6) is 11.5 Å². The average Bonchev–Trinajstić information content (AvgIpc) is 3.02. The van der Waals surface area contributed by atoms with Crippen LogP contribution >= 0.6 is 11.6 Å². The molecule has 1 amide bonds. The van der Waals surface area contributed by atoms with Gasteiger partial charge in [-0.3, -0.25) is 9.69 Å². The molecule has 0 spiro atoms. The summed E-state index contributed by atoms with van der Waals surface area (Å²) in [6.07, 6.45) is 1.59. The van der Waals surface area contributed by atoms with E-state index in [-0.39, 0.29) is 5.91 Å². The molecule has 0 radical (unpaired) electrons. The first-order valence-electron chi connectivity index (χ1n) is 14.2. The lowest BCUT2D eigenvalue weighted by atomic mass is 10.1. The second-order valence-electron chi connectivity index (χ2n) is 10.1. The molecular formula is C34H35ClN4O3. The van der Waals surface area contributed by atoms with Crippen LogP contribution < -0.4 is 19.8 Å². The lowest BCUT2D eigenvalue weighted by molar-refractivity contribution is 0.0955. The van der Waals surface area contributed by atoms with Gasteiger partial charge in [-0.25, -0.2) is 5.43 Å². The van der Waals surface area contributed by atoms with E-state index in [1.807, 2.05) is 73.7 Å². The molecule has 0 aliphatic carbocycles. The summed E-state index contributed by atoms with van der Waals surface area (Å²) in [5, 5.41) is 4.82. The van der Waals surface area contributed by atoms with Crippen molar-refractivity contribution in [3.63, 3.8) is 0 Å². The molecular weight excluding hydrogens is 548 g/mol. The van der Waals surface area contributed by atoms with Crippen molar-refractivity contribution in [3.05, 3.63) is 124 Å². The van der Waals surface area contributed by atoms with Gasteiger partial charge in [0.05, 0.1) is 12.8 Å². The molecule has 1 N–H and O–H groups in total. The number of nitrogens with zero attached hydrogens (tertiary/aromatic N) is 3. The van der Waals surface area contributed by atoms with Crippen molar-refractivity contribution in [1.29, 1.82) is 0 Å². The molecule has 1 heterocycles. The van der Waals surface area contributed by atoms with Gasteiger partial charge in [0, 0.05) is 49.0 Å². The highest BCUT2D eigenvalue weighted by Gasteiger charge is 2.17. The quantitative estimate of drug-likeness (QED) is 0.164. The fraction of sp³-hybridized carbons (Fsp3) is 0.235. The van der Waals surface area contributed by atoms with Crippen molar-refractivity contribution in [2.24, 2.45) is 5.10 Å². The maximum absolute atomic E-state index is 12.7. The van der Waals surface area contributed by atoms with Crippen molar-refractivity contribution in [1.82, 2.24) is 10.3 Å². The van der Waals surface area contributed by atoms with Crippen LogP contribution in [-0.2, 0) is 13.2 Å². The lowest BCUT2D eigenvalue weighted by Gasteiger charge is -2.36. The van der Waals surface area contributed by atoms with Crippen LogP contribution in [0.15, 0.2) is 102 Å². The third-order valence-electron chi connectivity index (χ3n) is 7.05. The summed E-state index contributed by atoms with van der Waals surface area (Å²) in [5.41, 5.74) is 7.38. The summed E-state index contributed by atoms with van der Waals surface area (Å²) in [5.74, 6) is 0.962. The Morgan fingerprint density at radius 2 is 1.64 bits per heavy atom. The average molecular weight is 583 g/mol. The summed E-state index contributed by atoms with van der Waals surface area (Å²) in [7, 11) is 0. The van der Waals surface area contributed by atoms with Gasteiger partial charge in [-0.05, 0) is 78.2 Å². The second kappa shape index (κ2) is 14.5. The fourth-order valence-corrected chi connectivity index (χ4v) is 5.05. The molecule has 0 saturated carbocycles. The number of hydrogen-bond acceptors (Lipinski definition) is 6. The number of halogens is 1. The van der Waals surface area contributed by atoms with E-state index in [1.165, 1.54) is 11.3 Å². The minimum absolute atomic E-state index is 0.263. The number of carbonyl (C=O) groups excluding carboxylic acids is 1. The van der Waals surface area contributed by atoms with E-state index in [2.05, 4.69) is 50.7 Å². The van der Waals surface area contributed by atoms with Crippen LogP contribution in [0.25, 0.3) is 0 Å². The molecule has 4 aromatic carbocycles. The maximum Gasteiger partial charge on any atom is 0.271 e. The number of amides is 1. The number of hydrogen-bond donors (Lipinski definition) is 1. The Bertz CT molecular complexity index is 1490. The van der Waals surface area contributed by atoms with E-state index in [4.69, 9.17) is 21.1 Å². The third-order valence-corrected chi connectivity index (χ3v) is 7.28. The summed E-state index contributed by atoms with van der Waals surface area (Å²) >= 11 is 6.07. The SMILES string of the molecule is CCOc1cc(/C=N\NC(=O)c2ccc(CN3CCN(c4ccccc4)CC3)cc2)ccc1OCc1cccc(Cl)c1. The van der Waals surface area contributed by atoms with Crippen molar-refractivity contribution in [2.45, 2.75) is 20.1 Å². The van der Waals surface area contributed by atoms with Crippen LogP contribution in [-0.4, -0.2) is 49.8 Å². The Morgan fingerprint density at radius 1 is 0.857 bits per heavy atom. The molecule has 5 rings (SSSR count). The largest absolute Gasteiger partial charge is 0.490 e. The Morgan fingerprint density at radius 3 is 2.38 bits per heavy atom. The lowest BCUT2D eigenvalue weighted by Crippen LogP contribution is -2.45. The monoisotopic (exact) mass is 582 g/mol. The smallest absolute Gasteiger partial charge is 0.271 e. The number of piperazine rings is 1. The predicted molar refractivity (Wildman–Crippen MR) is 169 cm³/mol. The van der Waals surface area contributed by atoms with Gasteiger partial charge in [-0.15, -0.1) is 0 Å². The molecule has 8 heteroatoms. The van der Waals surface area contributed by atoms with E-state index < -0.39 is 0 Å². The number of para-hydroxylation sites is 1. The van der Waals surface area contributed by atoms with Gasteiger partial charge in [-0.2, -0.15) is 5.10 Å². The van der Waals surface area contributed by atoms with Gasteiger partial charge >= 0.3 is 0 Å². The Balaban J connectivity index is 1.11. The van der Waals surface area contributed by atoms with Gasteiger partial charge in [0.2, 0.25) is 0 Å². The number of nitrogens with one attached hydrogen (secondary N) is 1. The third kappa shape index (κ3) is 8.12. The minimum Gasteiger partial charge on any atom is -0.490 e. The number of anilines is 1. The highest BCUT2D eigenvalue weighted by atomic mass is 35.5. The summed E-state index contributed by atoms with van der Waals surface area (Å²) < 4.78 is 11.7. The van der Waals surface area contributed by atoms with Gasteiger partial charge in [0.25, 0.3) is 5.91 Å². The second-order valence-corrected chi connectivity index (χ2v) is 10.5. The Hall–Kier alpha value is -4.33. The zero-order valence-corrected chi connectivity index (χ0v) is 24.5. The van der Waals surface area contributed by atoms with Crippen LogP contribution in [0.2, 0.25) is 5.02 Å². The fourth-order valence-electron chi connectivity index (χ4n) is 4.83. The molecule has 1 aliphatic rings. The molecule has 0 atom stereocenters. The van der Waals surface area contributed by atoms with E-state index in [0.29, 0.717) is 35.3 Å². The first-order valence-corrected chi connectivity index (χ1v) is 14.5. The molecule has 216 valence electrons. The van der Waals surface area contributed by atoms with Crippen LogP contribution in [0.4, 0.5) is 5.69 Å². The highest BCUT2D eigenvalue weighted by Crippen LogP contribution is 2.29. The number of hydrazone groups is 1. The van der Waals surface area contributed by atoms with Crippen LogP contribution in [0.3, 0.4) is 0 Å². The highest BCUT2D eigenvalue weighted by molar-refractivity contribution is 6.30. The van der Waals surface area contributed by atoms with Gasteiger partial charge in [0.15, 0.2) is 11.5 Å². The van der Waals surface area contributed by atoms with E-state index >= 15 is 0 Å². The molecule has 4 aromatic rings. The molecule has 1 fully saturated rings. The van der Waals surface area contributed by atoms with Crippen LogP contribution in [0, 0.1) is 0 Å². The topological polar surface area (TPSA) is 66.4 Å². The summed E-state index contributed by atoms with van der Waals surface area (Å²) in [4.78, 5) is 17.6. The molecule has 42 heavy (non-hydrogen) atoms. The molecule has 0 bridgehead atoms. The summed E-state index contributed by atoms with van der Waals surface area (Å²) in [6, 6.07) is 31.3.